The Morgan fingerprint density at radius 3 is 2.05 bits per heavy atom. The molecule has 0 amide bonds. The Labute approximate surface area is 135 Å². The molecule has 0 aliphatic heterocycles. The molecule has 22 heavy (non-hydrogen) atoms. The number of unbranched alkanes of at least 4 members (excludes halogenated alkanes) is 6. The lowest BCUT2D eigenvalue weighted by Crippen LogP contribution is -2.17. The Morgan fingerprint density at radius 1 is 0.864 bits per heavy atom. The molecule has 0 saturated heterocycles. The lowest BCUT2D eigenvalue weighted by Gasteiger charge is -2.16. The second kappa shape index (κ2) is 14.9. The predicted molar refractivity (Wildman–Crippen MR) is 88.6 cm³/mol. The molecule has 4 heteroatoms. The zero-order valence-corrected chi connectivity index (χ0v) is 14.7. The molecule has 0 bridgehead atoms. The number of ether oxygens (including phenoxy) is 2. The third kappa shape index (κ3) is 13.9. The molecule has 0 aromatic carbocycles. The van der Waals surface area contributed by atoms with Crippen LogP contribution in [0.1, 0.15) is 91.4 Å². The van der Waals surface area contributed by atoms with Crippen molar-refractivity contribution in [2.75, 3.05) is 6.61 Å². The summed E-state index contributed by atoms with van der Waals surface area (Å²) in [6, 6.07) is 0. The van der Waals surface area contributed by atoms with Crippen molar-refractivity contribution >= 4 is 11.9 Å². The number of esters is 2. The predicted octanol–water partition coefficient (Wildman–Crippen LogP) is 4.79. The maximum Gasteiger partial charge on any atom is 0.305 e. The fourth-order valence-corrected chi connectivity index (χ4v) is 2.53. The Kier molecular flexibility index (Phi) is 14.1. The molecule has 0 radical (unpaired) electrons. The van der Waals surface area contributed by atoms with Gasteiger partial charge in [-0.05, 0) is 32.6 Å². The van der Waals surface area contributed by atoms with Crippen LogP contribution in [-0.4, -0.2) is 24.6 Å². The topological polar surface area (TPSA) is 52.6 Å². The van der Waals surface area contributed by atoms with E-state index in [1.54, 1.807) is 6.92 Å². The van der Waals surface area contributed by atoms with Crippen LogP contribution in [-0.2, 0) is 19.1 Å². The molecule has 0 aromatic heterocycles. The maximum atomic E-state index is 11.3. The van der Waals surface area contributed by atoms with E-state index in [1.807, 2.05) is 0 Å². The van der Waals surface area contributed by atoms with Crippen molar-refractivity contribution < 1.29 is 19.1 Å². The molecule has 1 atom stereocenters. The van der Waals surface area contributed by atoms with Gasteiger partial charge in [-0.15, -0.1) is 0 Å². The SMILES string of the molecule is CCCCCCCCCC(CCCC(=O)OCC)OC(C)=O. The van der Waals surface area contributed by atoms with E-state index in [9.17, 15) is 9.59 Å². The lowest BCUT2D eigenvalue weighted by atomic mass is 10.0. The summed E-state index contributed by atoms with van der Waals surface area (Å²) in [6.45, 7) is 5.90. The van der Waals surface area contributed by atoms with Crippen molar-refractivity contribution in [2.45, 2.75) is 97.5 Å². The average molecular weight is 314 g/mol. The average Bonchev–Trinajstić information content (AvgIpc) is 2.45. The van der Waals surface area contributed by atoms with Crippen LogP contribution >= 0.6 is 0 Å². The first-order chi connectivity index (χ1) is 10.6. The van der Waals surface area contributed by atoms with Crippen LogP contribution in [0, 0.1) is 0 Å². The van der Waals surface area contributed by atoms with E-state index in [0.717, 1.165) is 19.3 Å². The molecule has 1 unspecified atom stereocenters. The van der Waals surface area contributed by atoms with E-state index >= 15 is 0 Å². The fourth-order valence-electron chi connectivity index (χ4n) is 2.53. The largest absolute Gasteiger partial charge is 0.466 e. The lowest BCUT2D eigenvalue weighted by molar-refractivity contribution is -0.147. The molecule has 0 aliphatic carbocycles. The maximum absolute atomic E-state index is 11.3. The number of rotatable bonds is 14. The quantitative estimate of drug-likeness (QED) is 0.341. The zero-order chi connectivity index (χ0) is 16.6. The summed E-state index contributed by atoms with van der Waals surface area (Å²) in [4.78, 5) is 22.4. The summed E-state index contributed by atoms with van der Waals surface area (Å²) in [5.41, 5.74) is 0. The van der Waals surface area contributed by atoms with E-state index in [4.69, 9.17) is 9.47 Å². The van der Waals surface area contributed by atoms with E-state index in [2.05, 4.69) is 6.92 Å². The molecule has 130 valence electrons. The van der Waals surface area contributed by atoms with Crippen LogP contribution < -0.4 is 0 Å². The summed E-state index contributed by atoms with van der Waals surface area (Å²) in [6.07, 6.45) is 11.5. The van der Waals surface area contributed by atoms with Gasteiger partial charge in [0.15, 0.2) is 0 Å². The van der Waals surface area contributed by atoms with E-state index in [-0.39, 0.29) is 18.0 Å². The monoisotopic (exact) mass is 314 g/mol. The summed E-state index contributed by atoms with van der Waals surface area (Å²) in [7, 11) is 0. The molecular formula is C18H34O4. The molecule has 0 saturated carbocycles. The Balaban J connectivity index is 3.78. The van der Waals surface area contributed by atoms with E-state index in [0.29, 0.717) is 19.4 Å². The fraction of sp³-hybridized carbons (Fsp3) is 0.889. The van der Waals surface area contributed by atoms with E-state index < -0.39 is 0 Å². The van der Waals surface area contributed by atoms with Crippen molar-refractivity contribution in [1.29, 1.82) is 0 Å². The van der Waals surface area contributed by atoms with Crippen LogP contribution in [0.4, 0.5) is 0 Å². The van der Waals surface area contributed by atoms with Crippen molar-refractivity contribution in [3.8, 4) is 0 Å². The van der Waals surface area contributed by atoms with Gasteiger partial charge in [-0.3, -0.25) is 9.59 Å². The van der Waals surface area contributed by atoms with Gasteiger partial charge < -0.3 is 9.47 Å². The zero-order valence-electron chi connectivity index (χ0n) is 14.7. The highest BCUT2D eigenvalue weighted by molar-refractivity contribution is 5.69. The third-order valence-electron chi connectivity index (χ3n) is 3.67. The first kappa shape index (κ1) is 20.9. The second-order valence-electron chi connectivity index (χ2n) is 5.84. The molecule has 0 N–H and O–H groups in total. The number of carbonyl (C=O) groups excluding carboxylic acids is 2. The van der Waals surface area contributed by atoms with Crippen molar-refractivity contribution in [3.05, 3.63) is 0 Å². The molecule has 0 aromatic rings. The molecule has 0 fully saturated rings. The van der Waals surface area contributed by atoms with Gasteiger partial charge in [-0.1, -0.05) is 45.4 Å². The first-order valence-corrected chi connectivity index (χ1v) is 8.93. The summed E-state index contributed by atoms with van der Waals surface area (Å²) < 4.78 is 10.2. The van der Waals surface area contributed by atoms with Crippen LogP contribution in [0.3, 0.4) is 0 Å². The smallest absolute Gasteiger partial charge is 0.305 e. The normalized spacial score (nSPS) is 12.0. The minimum atomic E-state index is -0.232. The summed E-state index contributed by atoms with van der Waals surface area (Å²) in [5, 5.41) is 0. The summed E-state index contributed by atoms with van der Waals surface area (Å²) >= 11 is 0. The van der Waals surface area contributed by atoms with Crippen LogP contribution in [0.15, 0.2) is 0 Å². The van der Waals surface area contributed by atoms with Gasteiger partial charge in [-0.2, -0.15) is 0 Å². The highest BCUT2D eigenvalue weighted by atomic mass is 16.5. The minimum Gasteiger partial charge on any atom is -0.466 e. The second-order valence-corrected chi connectivity index (χ2v) is 5.84. The number of hydrogen-bond donors (Lipinski definition) is 0. The molecule has 0 aliphatic rings. The molecule has 0 heterocycles. The number of hydrogen-bond acceptors (Lipinski definition) is 4. The van der Waals surface area contributed by atoms with Gasteiger partial charge in [0.2, 0.25) is 0 Å². The third-order valence-corrected chi connectivity index (χ3v) is 3.67. The standard InChI is InChI=1S/C18H34O4/c1-4-6-7-8-9-10-11-13-17(22-16(3)19)14-12-15-18(20)21-5-2/h17H,4-15H2,1-3H3. The molecule has 0 spiro atoms. The van der Waals surface area contributed by atoms with Gasteiger partial charge in [0, 0.05) is 13.3 Å². The van der Waals surface area contributed by atoms with Gasteiger partial charge in [0.05, 0.1) is 6.61 Å². The van der Waals surface area contributed by atoms with Gasteiger partial charge in [0.1, 0.15) is 6.10 Å². The van der Waals surface area contributed by atoms with Gasteiger partial charge >= 0.3 is 11.9 Å². The van der Waals surface area contributed by atoms with Crippen LogP contribution in [0.5, 0.6) is 0 Å². The Morgan fingerprint density at radius 2 is 1.45 bits per heavy atom. The molecular weight excluding hydrogens is 280 g/mol. The van der Waals surface area contributed by atoms with Crippen molar-refractivity contribution in [1.82, 2.24) is 0 Å². The van der Waals surface area contributed by atoms with E-state index in [1.165, 1.54) is 45.4 Å². The highest BCUT2D eigenvalue weighted by Gasteiger charge is 2.13. The van der Waals surface area contributed by atoms with Crippen molar-refractivity contribution in [2.24, 2.45) is 0 Å². The minimum absolute atomic E-state index is 0.0532. The highest BCUT2D eigenvalue weighted by Crippen LogP contribution is 2.15. The van der Waals surface area contributed by atoms with Crippen LogP contribution in [0.25, 0.3) is 0 Å². The van der Waals surface area contributed by atoms with Crippen molar-refractivity contribution in [3.63, 3.8) is 0 Å². The van der Waals surface area contributed by atoms with Crippen LogP contribution in [0.2, 0.25) is 0 Å². The number of carbonyl (C=O) groups is 2. The van der Waals surface area contributed by atoms with Gasteiger partial charge in [0.25, 0.3) is 0 Å². The first-order valence-electron chi connectivity index (χ1n) is 8.93. The molecule has 4 nitrogen and oxygen atoms in total. The summed E-state index contributed by atoms with van der Waals surface area (Å²) in [5.74, 6) is -0.399. The Hall–Kier alpha value is -1.06. The van der Waals surface area contributed by atoms with Gasteiger partial charge in [-0.25, -0.2) is 0 Å². The molecule has 0 rings (SSSR count). The Bertz CT molecular complexity index is 289.